The normalized spacial score (nSPS) is 14.9. The van der Waals surface area contributed by atoms with Crippen LogP contribution in [0.15, 0.2) is 23.0 Å². The monoisotopic (exact) mass is 442 g/mol. The van der Waals surface area contributed by atoms with E-state index < -0.39 is 6.09 Å². The van der Waals surface area contributed by atoms with E-state index >= 15 is 0 Å². The molecule has 2 N–H and O–H groups in total. The van der Waals surface area contributed by atoms with E-state index in [4.69, 9.17) is 9.72 Å². The van der Waals surface area contributed by atoms with Crippen LogP contribution in [0.3, 0.4) is 0 Å². The summed E-state index contributed by atoms with van der Waals surface area (Å²) in [5, 5.41) is 6.23. The average molecular weight is 443 g/mol. The standard InChI is InChI=1S/C24H34N4O4/c1-4-32-24(31)26-18(13-16(2)3)15-25-22(29)17-10-11-19-20(14-17)27-21-9-7-5-6-8-12-28(21)23(19)30/h10-11,14,16,18H,4-9,12-13,15H2,1-3H3,(H,25,29)(H,26,31). The third kappa shape index (κ3) is 6.08. The molecule has 32 heavy (non-hydrogen) atoms. The smallest absolute Gasteiger partial charge is 0.407 e. The second-order valence-corrected chi connectivity index (χ2v) is 8.78. The van der Waals surface area contributed by atoms with Gasteiger partial charge in [0.05, 0.1) is 17.5 Å². The Morgan fingerprint density at radius 3 is 2.72 bits per heavy atom. The molecule has 0 bridgehead atoms. The second-order valence-electron chi connectivity index (χ2n) is 8.78. The molecule has 0 saturated heterocycles. The fourth-order valence-corrected chi connectivity index (χ4v) is 4.16. The summed E-state index contributed by atoms with van der Waals surface area (Å²) in [6, 6.07) is 4.80. The Hall–Kier alpha value is -2.90. The molecule has 3 rings (SSSR count). The zero-order valence-corrected chi connectivity index (χ0v) is 19.3. The topological polar surface area (TPSA) is 102 Å². The van der Waals surface area contributed by atoms with Gasteiger partial charge in [-0.05, 0) is 50.3 Å². The predicted molar refractivity (Wildman–Crippen MR) is 124 cm³/mol. The summed E-state index contributed by atoms with van der Waals surface area (Å²) in [7, 11) is 0. The van der Waals surface area contributed by atoms with Crippen LogP contribution in [0.2, 0.25) is 0 Å². The number of alkyl carbamates (subject to hydrolysis) is 1. The van der Waals surface area contributed by atoms with Gasteiger partial charge in [-0.2, -0.15) is 0 Å². The molecule has 0 aliphatic carbocycles. The minimum Gasteiger partial charge on any atom is -0.450 e. The first-order chi connectivity index (χ1) is 15.4. The highest BCUT2D eigenvalue weighted by molar-refractivity contribution is 5.97. The maximum atomic E-state index is 13.0. The number of nitrogens with one attached hydrogen (secondary N) is 2. The van der Waals surface area contributed by atoms with Gasteiger partial charge in [0.1, 0.15) is 5.82 Å². The van der Waals surface area contributed by atoms with Crippen LogP contribution in [0, 0.1) is 5.92 Å². The van der Waals surface area contributed by atoms with Crippen LogP contribution < -0.4 is 16.2 Å². The molecule has 2 amide bonds. The van der Waals surface area contributed by atoms with Gasteiger partial charge < -0.3 is 15.4 Å². The number of fused-ring (bicyclic) bond motifs is 2. The number of hydrogen-bond donors (Lipinski definition) is 2. The lowest BCUT2D eigenvalue weighted by atomic mass is 10.0. The number of aromatic nitrogens is 2. The van der Waals surface area contributed by atoms with E-state index in [9.17, 15) is 14.4 Å². The third-order valence-electron chi connectivity index (χ3n) is 5.69. The molecule has 0 spiro atoms. The highest BCUT2D eigenvalue weighted by Crippen LogP contribution is 2.16. The van der Waals surface area contributed by atoms with Gasteiger partial charge in [0.2, 0.25) is 0 Å². The molecule has 1 unspecified atom stereocenters. The molecule has 2 heterocycles. The van der Waals surface area contributed by atoms with Gasteiger partial charge >= 0.3 is 6.09 Å². The van der Waals surface area contributed by atoms with Gasteiger partial charge in [-0.1, -0.05) is 26.7 Å². The van der Waals surface area contributed by atoms with Crippen LogP contribution in [0.5, 0.6) is 0 Å². The Morgan fingerprint density at radius 2 is 1.97 bits per heavy atom. The first kappa shape index (κ1) is 23.8. The molecule has 1 atom stereocenters. The van der Waals surface area contributed by atoms with E-state index in [1.165, 1.54) is 0 Å². The summed E-state index contributed by atoms with van der Waals surface area (Å²) in [4.78, 5) is 42.3. The quantitative estimate of drug-likeness (QED) is 0.684. The lowest BCUT2D eigenvalue weighted by Crippen LogP contribution is -2.44. The van der Waals surface area contributed by atoms with Crippen molar-refractivity contribution in [3.63, 3.8) is 0 Å². The van der Waals surface area contributed by atoms with E-state index in [2.05, 4.69) is 24.5 Å². The van der Waals surface area contributed by atoms with Gasteiger partial charge in [-0.3, -0.25) is 14.2 Å². The molecular formula is C24H34N4O4. The van der Waals surface area contributed by atoms with E-state index in [1.54, 1.807) is 29.7 Å². The zero-order chi connectivity index (χ0) is 23.1. The van der Waals surface area contributed by atoms with E-state index in [1.807, 2.05) is 0 Å². The van der Waals surface area contributed by atoms with E-state index in [0.29, 0.717) is 42.0 Å². The van der Waals surface area contributed by atoms with Crippen molar-refractivity contribution in [3.8, 4) is 0 Å². The molecular weight excluding hydrogens is 408 g/mol. The lowest BCUT2D eigenvalue weighted by molar-refractivity contribution is 0.0944. The molecule has 1 aliphatic rings. The number of carbonyl (C=O) groups excluding carboxylic acids is 2. The molecule has 0 saturated carbocycles. The Kier molecular flexibility index (Phi) is 8.25. The summed E-state index contributed by atoms with van der Waals surface area (Å²) in [6.07, 6.45) is 5.28. The van der Waals surface area contributed by atoms with Crippen LogP contribution in [0.25, 0.3) is 10.9 Å². The van der Waals surface area contributed by atoms with Gasteiger partial charge in [0, 0.05) is 31.1 Å². The van der Waals surface area contributed by atoms with Crippen LogP contribution in [-0.4, -0.2) is 40.7 Å². The van der Waals surface area contributed by atoms with Crippen molar-refractivity contribution in [2.45, 2.75) is 71.9 Å². The number of rotatable bonds is 7. The number of ether oxygens (including phenoxy) is 1. The Labute approximate surface area is 188 Å². The molecule has 174 valence electrons. The number of carbonyl (C=O) groups is 2. The Morgan fingerprint density at radius 1 is 1.19 bits per heavy atom. The van der Waals surface area contributed by atoms with Gasteiger partial charge in [0.15, 0.2) is 0 Å². The lowest BCUT2D eigenvalue weighted by Gasteiger charge is -2.21. The van der Waals surface area contributed by atoms with Gasteiger partial charge in [-0.25, -0.2) is 9.78 Å². The van der Waals surface area contributed by atoms with Crippen molar-refractivity contribution in [2.24, 2.45) is 5.92 Å². The van der Waals surface area contributed by atoms with Crippen molar-refractivity contribution in [2.75, 3.05) is 13.2 Å². The number of nitrogens with zero attached hydrogens (tertiary/aromatic N) is 2. The van der Waals surface area contributed by atoms with E-state index in [0.717, 1.165) is 37.9 Å². The highest BCUT2D eigenvalue weighted by Gasteiger charge is 2.18. The average Bonchev–Trinajstić information content (AvgIpc) is 2.72. The van der Waals surface area contributed by atoms with Crippen molar-refractivity contribution in [1.29, 1.82) is 0 Å². The van der Waals surface area contributed by atoms with Crippen molar-refractivity contribution < 1.29 is 14.3 Å². The molecule has 0 fully saturated rings. The van der Waals surface area contributed by atoms with Gasteiger partial charge in [-0.15, -0.1) is 0 Å². The summed E-state index contributed by atoms with van der Waals surface area (Å²) in [6.45, 7) is 7.14. The van der Waals surface area contributed by atoms with Crippen LogP contribution in [0.1, 0.15) is 69.1 Å². The summed E-state index contributed by atoms with van der Waals surface area (Å²) < 4.78 is 6.75. The maximum Gasteiger partial charge on any atom is 0.407 e. The van der Waals surface area contributed by atoms with Crippen molar-refractivity contribution >= 4 is 22.9 Å². The molecule has 1 aromatic carbocycles. The largest absolute Gasteiger partial charge is 0.450 e. The summed E-state index contributed by atoms with van der Waals surface area (Å²) in [5.41, 5.74) is 0.965. The van der Waals surface area contributed by atoms with E-state index in [-0.39, 0.29) is 24.1 Å². The molecule has 8 heteroatoms. The number of amides is 2. The van der Waals surface area contributed by atoms with Crippen molar-refractivity contribution in [3.05, 3.63) is 39.9 Å². The minimum absolute atomic E-state index is 0.0329. The highest BCUT2D eigenvalue weighted by atomic mass is 16.5. The fourth-order valence-electron chi connectivity index (χ4n) is 4.16. The molecule has 2 aromatic rings. The van der Waals surface area contributed by atoms with Gasteiger partial charge in [0.25, 0.3) is 11.5 Å². The fraction of sp³-hybridized carbons (Fsp3) is 0.583. The first-order valence-electron chi connectivity index (χ1n) is 11.6. The molecule has 1 aliphatic heterocycles. The second kappa shape index (κ2) is 11.1. The minimum atomic E-state index is -0.487. The molecule has 1 aromatic heterocycles. The van der Waals surface area contributed by atoms with Crippen LogP contribution in [-0.2, 0) is 17.7 Å². The summed E-state index contributed by atoms with van der Waals surface area (Å²) in [5.74, 6) is 0.881. The first-order valence-corrected chi connectivity index (χ1v) is 11.6. The third-order valence-corrected chi connectivity index (χ3v) is 5.69. The Balaban J connectivity index is 1.76. The Bertz CT molecular complexity index is 1010. The number of hydrogen-bond acceptors (Lipinski definition) is 5. The molecule has 8 nitrogen and oxygen atoms in total. The summed E-state index contributed by atoms with van der Waals surface area (Å²) >= 11 is 0. The number of aryl methyl sites for hydroxylation is 1. The maximum absolute atomic E-state index is 13.0. The van der Waals surface area contributed by atoms with Crippen molar-refractivity contribution in [1.82, 2.24) is 20.2 Å². The zero-order valence-electron chi connectivity index (χ0n) is 19.3. The molecule has 0 radical (unpaired) electrons. The number of benzene rings is 1. The SMILES string of the molecule is CCOC(=O)NC(CNC(=O)c1ccc2c(=O)n3c(nc2c1)CCCCCC3)CC(C)C. The predicted octanol–water partition coefficient (Wildman–Crippen LogP) is 3.40. The van der Waals surface area contributed by atoms with Crippen LogP contribution in [0.4, 0.5) is 4.79 Å². The van der Waals surface area contributed by atoms with Crippen LogP contribution >= 0.6 is 0 Å².